The summed E-state index contributed by atoms with van der Waals surface area (Å²) < 4.78 is 0. The third-order valence-corrected chi connectivity index (χ3v) is 3.04. The number of halogens is 1. The van der Waals surface area contributed by atoms with Gasteiger partial charge in [0.15, 0.2) is 0 Å². The summed E-state index contributed by atoms with van der Waals surface area (Å²) >= 11 is 6.15. The zero-order chi connectivity index (χ0) is 12.2. The molecule has 1 rings (SSSR count). The van der Waals surface area contributed by atoms with Crippen molar-refractivity contribution in [3.05, 3.63) is 34.9 Å². The van der Waals surface area contributed by atoms with Gasteiger partial charge in [0.25, 0.3) is 0 Å². The predicted octanol–water partition coefficient (Wildman–Crippen LogP) is 4.43. The quantitative estimate of drug-likeness (QED) is 0.820. The number of nitrogens with one attached hydrogen (secondary N) is 1. The van der Waals surface area contributed by atoms with Crippen molar-refractivity contribution in [2.75, 3.05) is 6.54 Å². The summed E-state index contributed by atoms with van der Waals surface area (Å²) in [6.07, 6.45) is 1.17. The summed E-state index contributed by atoms with van der Waals surface area (Å²) in [5.74, 6) is 0. The molecular formula is C14H22ClN. The van der Waals surface area contributed by atoms with Crippen molar-refractivity contribution in [2.24, 2.45) is 5.41 Å². The molecule has 1 aromatic rings. The first-order valence-electron chi connectivity index (χ1n) is 5.88. The van der Waals surface area contributed by atoms with Crippen LogP contribution in [0.4, 0.5) is 0 Å². The van der Waals surface area contributed by atoms with Gasteiger partial charge in [-0.15, -0.1) is 0 Å². The second kappa shape index (κ2) is 5.70. The average molecular weight is 240 g/mol. The average Bonchev–Trinajstić information content (AvgIpc) is 2.16. The Morgan fingerprint density at radius 2 is 1.88 bits per heavy atom. The van der Waals surface area contributed by atoms with Gasteiger partial charge in [-0.2, -0.15) is 0 Å². The highest BCUT2D eigenvalue weighted by Gasteiger charge is 2.12. The van der Waals surface area contributed by atoms with Crippen molar-refractivity contribution in [1.82, 2.24) is 5.32 Å². The molecule has 1 atom stereocenters. The first kappa shape index (κ1) is 13.5. The maximum absolute atomic E-state index is 6.15. The highest BCUT2D eigenvalue weighted by Crippen LogP contribution is 2.23. The highest BCUT2D eigenvalue weighted by atomic mass is 35.5. The number of benzene rings is 1. The van der Waals surface area contributed by atoms with Crippen molar-refractivity contribution < 1.29 is 0 Å². The van der Waals surface area contributed by atoms with Crippen molar-refractivity contribution in [3.63, 3.8) is 0 Å². The van der Waals surface area contributed by atoms with E-state index >= 15 is 0 Å². The van der Waals surface area contributed by atoms with E-state index in [0.717, 1.165) is 11.6 Å². The molecule has 0 aliphatic carbocycles. The summed E-state index contributed by atoms with van der Waals surface area (Å²) in [5.41, 5.74) is 1.56. The van der Waals surface area contributed by atoms with Gasteiger partial charge in [0, 0.05) is 11.1 Å². The predicted molar refractivity (Wildman–Crippen MR) is 71.9 cm³/mol. The summed E-state index contributed by atoms with van der Waals surface area (Å²) in [5, 5.41) is 4.36. The molecule has 0 heterocycles. The minimum absolute atomic E-state index is 0.316. The largest absolute Gasteiger partial charge is 0.310 e. The van der Waals surface area contributed by atoms with Gasteiger partial charge in [-0.05, 0) is 36.9 Å². The van der Waals surface area contributed by atoms with E-state index in [1.165, 1.54) is 12.0 Å². The second-order valence-electron chi connectivity index (χ2n) is 5.51. The molecule has 90 valence electrons. The van der Waals surface area contributed by atoms with Gasteiger partial charge in [0.2, 0.25) is 0 Å². The molecule has 0 aliphatic rings. The van der Waals surface area contributed by atoms with Gasteiger partial charge in [0.1, 0.15) is 0 Å². The van der Waals surface area contributed by atoms with E-state index in [4.69, 9.17) is 11.6 Å². The zero-order valence-corrected chi connectivity index (χ0v) is 11.4. The number of hydrogen-bond donors (Lipinski definition) is 1. The van der Waals surface area contributed by atoms with E-state index in [0.29, 0.717) is 11.5 Å². The molecule has 0 fully saturated rings. The molecular weight excluding hydrogens is 218 g/mol. The van der Waals surface area contributed by atoms with Crippen molar-refractivity contribution in [2.45, 2.75) is 40.2 Å². The van der Waals surface area contributed by atoms with Gasteiger partial charge in [-0.3, -0.25) is 0 Å². The minimum Gasteiger partial charge on any atom is -0.310 e. The molecule has 0 amide bonds. The van der Waals surface area contributed by atoms with E-state index < -0.39 is 0 Å². The molecule has 0 saturated heterocycles. The van der Waals surface area contributed by atoms with Crippen LogP contribution in [-0.4, -0.2) is 6.54 Å². The van der Waals surface area contributed by atoms with Crippen LogP contribution in [0.3, 0.4) is 0 Å². The molecule has 0 radical (unpaired) electrons. The molecule has 16 heavy (non-hydrogen) atoms. The van der Waals surface area contributed by atoms with Crippen LogP contribution in [-0.2, 0) is 0 Å². The van der Waals surface area contributed by atoms with Crippen LogP contribution < -0.4 is 5.32 Å². The Bertz CT molecular complexity index is 328. The van der Waals surface area contributed by atoms with Crippen LogP contribution in [0.25, 0.3) is 0 Å². The lowest BCUT2D eigenvalue weighted by Crippen LogP contribution is -2.23. The monoisotopic (exact) mass is 239 g/mol. The summed E-state index contributed by atoms with van der Waals surface area (Å²) in [6.45, 7) is 9.96. The SMILES string of the molecule is CC(NCCC(C)(C)C)c1ccccc1Cl. The fourth-order valence-electron chi connectivity index (χ4n) is 1.60. The lowest BCUT2D eigenvalue weighted by molar-refractivity contribution is 0.358. The topological polar surface area (TPSA) is 12.0 Å². The molecule has 1 aromatic carbocycles. The third-order valence-electron chi connectivity index (χ3n) is 2.70. The smallest absolute Gasteiger partial charge is 0.0453 e. The Morgan fingerprint density at radius 3 is 2.44 bits per heavy atom. The first-order chi connectivity index (χ1) is 7.40. The third kappa shape index (κ3) is 4.54. The number of hydrogen-bond acceptors (Lipinski definition) is 1. The van der Waals surface area contributed by atoms with Crippen molar-refractivity contribution >= 4 is 11.6 Å². The van der Waals surface area contributed by atoms with E-state index in [-0.39, 0.29) is 0 Å². The molecule has 2 heteroatoms. The lowest BCUT2D eigenvalue weighted by atomic mass is 9.92. The normalized spacial score (nSPS) is 13.8. The van der Waals surface area contributed by atoms with E-state index in [2.05, 4.69) is 39.1 Å². The van der Waals surface area contributed by atoms with Gasteiger partial charge in [0.05, 0.1) is 0 Å². The lowest BCUT2D eigenvalue weighted by Gasteiger charge is -2.21. The Kier molecular flexibility index (Phi) is 4.82. The molecule has 0 aliphatic heterocycles. The van der Waals surface area contributed by atoms with Gasteiger partial charge in [-0.1, -0.05) is 50.6 Å². The van der Waals surface area contributed by atoms with E-state index in [9.17, 15) is 0 Å². The number of rotatable bonds is 4. The minimum atomic E-state index is 0.316. The van der Waals surface area contributed by atoms with Crippen LogP contribution >= 0.6 is 11.6 Å². The molecule has 1 nitrogen and oxygen atoms in total. The van der Waals surface area contributed by atoms with Crippen LogP contribution in [0.2, 0.25) is 5.02 Å². The molecule has 0 spiro atoms. The maximum atomic E-state index is 6.15. The molecule has 0 saturated carbocycles. The Balaban J connectivity index is 2.47. The van der Waals surface area contributed by atoms with E-state index in [1.807, 2.05) is 18.2 Å². The summed E-state index contributed by atoms with van der Waals surface area (Å²) in [4.78, 5) is 0. The maximum Gasteiger partial charge on any atom is 0.0453 e. The van der Waals surface area contributed by atoms with Crippen LogP contribution in [0.5, 0.6) is 0 Å². The summed E-state index contributed by atoms with van der Waals surface area (Å²) in [6, 6.07) is 8.34. The van der Waals surface area contributed by atoms with Gasteiger partial charge < -0.3 is 5.32 Å². The molecule has 0 bridgehead atoms. The Hall–Kier alpha value is -0.530. The first-order valence-corrected chi connectivity index (χ1v) is 6.26. The van der Waals surface area contributed by atoms with Gasteiger partial charge in [-0.25, -0.2) is 0 Å². The zero-order valence-electron chi connectivity index (χ0n) is 10.7. The van der Waals surface area contributed by atoms with Crippen LogP contribution in [0.15, 0.2) is 24.3 Å². The molecule has 1 unspecified atom stereocenters. The summed E-state index contributed by atoms with van der Waals surface area (Å²) in [7, 11) is 0. The highest BCUT2D eigenvalue weighted by molar-refractivity contribution is 6.31. The van der Waals surface area contributed by atoms with Crippen LogP contribution in [0, 0.1) is 5.41 Å². The standard InChI is InChI=1S/C14H22ClN/c1-11(16-10-9-14(2,3)4)12-7-5-6-8-13(12)15/h5-8,11,16H,9-10H2,1-4H3. The van der Waals surface area contributed by atoms with Crippen molar-refractivity contribution in [1.29, 1.82) is 0 Å². The van der Waals surface area contributed by atoms with Crippen LogP contribution in [0.1, 0.15) is 45.7 Å². The molecule has 0 aromatic heterocycles. The fourth-order valence-corrected chi connectivity index (χ4v) is 1.90. The fraction of sp³-hybridized carbons (Fsp3) is 0.571. The van der Waals surface area contributed by atoms with Gasteiger partial charge >= 0.3 is 0 Å². The second-order valence-corrected chi connectivity index (χ2v) is 5.92. The van der Waals surface area contributed by atoms with Crippen molar-refractivity contribution in [3.8, 4) is 0 Å². The Labute approximate surface area is 104 Å². The van der Waals surface area contributed by atoms with E-state index in [1.54, 1.807) is 0 Å². The molecule has 1 N–H and O–H groups in total. The Morgan fingerprint density at radius 1 is 1.25 bits per heavy atom.